The van der Waals surface area contributed by atoms with Crippen molar-refractivity contribution in [3.05, 3.63) is 93.1 Å². The first-order valence-electron chi connectivity index (χ1n) is 8.55. The molecule has 1 aromatic heterocycles. The molecule has 5 nitrogen and oxygen atoms in total. The van der Waals surface area contributed by atoms with Crippen LogP contribution in [0.25, 0.3) is 17.1 Å². The second-order valence-electron chi connectivity index (χ2n) is 6.12. The number of nitrogens with one attached hydrogen (secondary N) is 1. The number of aromatic nitrogens is 3. The van der Waals surface area contributed by atoms with E-state index in [0.29, 0.717) is 21.6 Å². The van der Waals surface area contributed by atoms with E-state index in [1.54, 1.807) is 41.1 Å². The highest BCUT2D eigenvalue weighted by atomic mass is 79.9. The summed E-state index contributed by atoms with van der Waals surface area (Å²) < 4.78 is 2.57. The van der Waals surface area contributed by atoms with Gasteiger partial charge in [-0.1, -0.05) is 39.1 Å². The minimum Gasteiger partial charge on any atom is -0.319 e. The van der Waals surface area contributed by atoms with Gasteiger partial charge in [-0.05, 0) is 72.8 Å². The van der Waals surface area contributed by atoms with E-state index in [2.05, 4.69) is 31.3 Å². The summed E-state index contributed by atoms with van der Waals surface area (Å²) in [6, 6.07) is 21.6. The number of nitrogens with zero attached hydrogens (tertiary/aromatic N) is 3. The molecule has 3 aromatic carbocycles. The van der Waals surface area contributed by atoms with Crippen LogP contribution in [-0.2, 0) is 0 Å². The predicted molar refractivity (Wildman–Crippen MR) is 119 cm³/mol. The summed E-state index contributed by atoms with van der Waals surface area (Å²) in [5.74, 6) is 0.163. The maximum atomic E-state index is 12.7. The molecule has 144 valence electrons. The largest absolute Gasteiger partial charge is 0.319 e. The summed E-state index contributed by atoms with van der Waals surface area (Å²) in [6.45, 7) is 0. The van der Waals surface area contributed by atoms with Gasteiger partial charge in [0.15, 0.2) is 5.82 Å². The molecular weight excluding hydrogens is 475 g/mol. The van der Waals surface area contributed by atoms with Crippen LogP contribution in [0.4, 0.5) is 5.69 Å². The average Bonchev–Trinajstić information content (AvgIpc) is 3.16. The molecule has 1 amide bonds. The van der Waals surface area contributed by atoms with Crippen molar-refractivity contribution in [3.63, 3.8) is 0 Å². The zero-order valence-corrected chi connectivity index (χ0v) is 17.9. The van der Waals surface area contributed by atoms with Crippen molar-refractivity contribution in [2.75, 3.05) is 5.32 Å². The fourth-order valence-corrected chi connectivity index (χ4v) is 3.19. The van der Waals surface area contributed by atoms with E-state index in [9.17, 15) is 4.79 Å². The SMILES string of the molecule is O=C(Nc1ccc(Cl)cc1)c1nc(-c2ccc(Cl)cc2)n(-c2ccc(Br)cc2)n1. The molecule has 4 aromatic rings. The van der Waals surface area contributed by atoms with Gasteiger partial charge in [-0.3, -0.25) is 4.79 Å². The molecule has 8 heteroatoms. The Morgan fingerprint density at radius 2 is 1.45 bits per heavy atom. The first-order valence-corrected chi connectivity index (χ1v) is 10.1. The molecule has 0 atom stereocenters. The molecule has 0 aliphatic heterocycles. The molecule has 0 aliphatic carbocycles. The minimum atomic E-state index is -0.418. The summed E-state index contributed by atoms with van der Waals surface area (Å²) in [5.41, 5.74) is 2.17. The molecule has 1 N–H and O–H groups in total. The zero-order chi connectivity index (χ0) is 20.4. The van der Waals surface area contributed by atoms with Crippen molar-refractivity contribution in [1.82, 2.24) is 14.8 Å². The van der Waals surface area contributed by atoms with Gasteiger partial charge in [-0.15, -0.1) is 5.10 Å². The van der Waals surface area contributed by atoms with Gasteiger partial charge in [0.2, 0.25) is 5.82 Å². The third-order valence-electron chi connectivity index (χ3n) is 4.09. The first kappa shape index (κ1) is 19.6. The summed E-state index contributed by atoms with van der Waals surface area (Å²) in [6.07, 6.45) is 0. The number of hydrogen-bond acceptors (Lipinski definition) is 3. The number of benzene rings is 3. The topological polar surface area (TPSA) is 59.8 Å². The molecule has 0 aliphatic rings. The van der Waals surface area contributed by atoms with E-state index in [-0.39, 0.29) is 5.82 Å². The lowest BCUT2D eigenvalue weighted by molar-refractivity contribution is 0.101. The Kier molecular flexibility index (Phi) is 5.67. The summed E-state index contributed by atoms with van der Waals surface area (Å²) >= 11 is 15.3. The van der Waals surface area contributed by atoms with Crippen molar-refractivity contribution in [1.29, 1.82) is 0 Å². The Hall–Kier alpha value is -2.67. The quantitative estimate of drug-likeness (QED) is 0.369. The highest BCUT2D eigenvalue weighted by Gasteiger charge is 2.19. The average molecular weight is 488 g/mol. The molecule has 29 heavy (non-hydrogen) atoms. The van der Waals surface area contributed by atoms with E-state index in [0.717, 1.165) is 15.7 Å². The van der Waals surface area contributed by atoms with Crippen LogP contribution >= 0.6 is 39.1 Å². The van der Waals surface area contributed by atoms with Crippen molar-refractivity contribution in [3.8, 4) is 17.1 Å². The molecule has 0 saturated heterocycles. The van der Waals surface area contributed by atoms with Crippen LogP contribution in [0.15, 0.2) is 77.3 Å². The van der Waals surface area contributed by atoms with E-state index in [1.165, 1.54) is 0 Å². The van der Waals surface area contributed by atoms with Crippen LogP contribution < -0.4 is 5.32 Å². The monoisotopic (exact) mass is 486 g/mol. The Morgan fingerprint density at radius 3 is 2.07 bits per heavy atom. The summed E-state index contributed by atoms with van der Waals surface area (Å²) in [4.78, 5) is 17.2. The minimum absolute atomic E-state index is 0.0489. The molecule has 4 rings (SSSR count). The normalized spacial score (nSPS) is 10.7. The highest BCUT2D eigenvalue weighted by Crippen LogP contribution is 2.24. The summed E-state index contributed by atoms with van der Waals surface area (Å²) in [5, 5.41) is 8.43. The van der Waals surface area contributed by atoms with Crippen molar-refractivity contribution >= 4 is 50.7 Å². The smallest absolute Gasteiger partial charge is 0.295 e. The Bertz CT molecular complexity index is 1090. The lowest BCUT2D eigenvalue weighted by atomic mass is 10.2. The molecule has 0 fully saturated rings. The predicted octanol–water partition coefficient (Wildman–Crippen LogP) is 6.26. The third kappa shape index (κ3) is 4.50. The van der Waals surface area contributed by atoms with Crippen molar-refractivity contribution in [2.24, 2.45) is 0 Å². The van der Waals surface area contributed by atoms with Gasteiger partial charge in [-0.2, -0.15) is 0 Å². The fourth-order valence-electron chi connectivity index (χ4n) is 2.68. The van der Waals surface area contributed by atoms with E-state index in [1.807, 2.05) is 36.4 Å². The van der Waals surface area contributed by atoms with Gasteiger partial charge in [0.25, 0.3) is 5.91 Å². The zero-order valence-electron chi connectivity index (χ0n) is 14.8. The lowest BCUT2D eigenvalue weighted by Gasteiger charge is -2.06. The van der Waals surface area contributed by atoms with Crippen LogP contribution in [0.2, 0.25) is 10.0 Å². The Morgan fingerprint density at radius 1 is 0.862 bits per heavy atom. The Labute approximate surface area is 185 Å². The molecule has 0 bridgehead atoms. The van der Waals surface area contributed by atoms with Gasteiger partial charge in [-0.25, -0.2) is 9.67 Å². The first-order chi connectivity index (χ1) is 14.0. The maximum absolute atomic E-state index is 12.7. The number of amides is 1. The lowest BCUT2D eigenvalue weighted by Crippen LogP contribution is -2.14. The Balaban J connectivity index is 1.74. The summed E-state index contributed by atoms with van der Waals surface area (Å²) in [7, 11) is 0. The molecule has 0 radical (unpaired) electrons. The standard InChI is InChI=1S/C21H13BrCl2N4O/c22-14-3-11-18(12-4-14)28-20(13-1-5-15(23)6-2-13)26-19(27-28)21(29)25-17-9-7-16(24)8-10-17/h1-12H,(H,25,29). The van der Waals surface area contributed by atoms with Crippen LogP contribution in [0.5, 0.6) is 0 Å². The maximum Gasteiger partial charge on any atom is 0.295 e. The number of carbonyl (C=O) groups is 1. The number of carbonyl (C=O) groups excluding carboxylic acids is 1. The molecule has 0 spiro atoms. The number of halogens is 3. The van der Waals surface area contributed by atoms with Gasteiger partial charge in [0.1, 0.15) is 0 Å². The second-order valence-corrected chi connectivity index (χ2v) is 7.90. The van der Waals surface area contributed by atoms with Crippen LogP contribution in [0.1, 0.15) is 10.6 Å². The molecule has 0 unspecified atom stereocenters. The van der Waals surface area contributed by atoms with Gasteiger partial charge in [0, 0.05) is 25.8 Å². The van der Waals surface area contributed by atoms with Crippen LogP contribution in [0.3, 0.4) is 0 Å². The van der Waals surface area contributed by atoms with Gasteiger partial charge >= 0.3 is 0 Å². The number of hydrogen-bond donors (Lipinski definition) is 1. The van der Waals surface area contributed by atoms with E-state index in [4.69, 9.17) is 23.2 Å². The second kappa shape index (κ2) is 8.37. The van der Waals surface area contributed by atoms with Gasteiger partial charge < -0.3 is 5.32 Å². The number of anilines is 1. The molecular formula is C21H13BrCl2N4O. The fraction of sp³-hybridized carbons (Fsp3) is 0. The van der Waals surface area contributed by atoms with E-state index < -0.39 is 5.91 Å². The van der Waals surface area contributed by atoms with E-state index >= 15 is 0 Å². The molecule has 1 heterocycles. The van der Waals surface area contributed by atoms with Crippen molar-refractivity contribution < 1.29 is 4.79 Å². The van der Waals surface area contributed by atoms with Crippen LogP contribution in [0, 0.1) is 0 Å². The van der Waals surface area contributed by atoms with Crippen molar-refractivity contribution in [2.45, 2.75) is 0 Å². The van der Waals surface area contributed by atoms with Crippen LogP contribution in [-0.4, -0.2) is 20.7 Å². The highest BCUT2D eigenvalue weighted by molar-refractivity contribution is 9.10. The number of rotatable bonds is 4. The third-order valence-corrected chi connectivity index (χ3v) is 5.12. The van der Waals surface area contributed by atoms with Gasteiger partial charge in [0.05, 0.1) is 5.69 Å². The molecule has 0 saturated carbocycles.